The van der Waals surface area contributed by atoms with E-state index in [0.29, 0.717) is 5.88 Å². The summed E-state index contributed by atoms with van der Waals surface area (Å²) in [5.41, 5.74) is 6.40. The summed E-state index contributed by atoms with van der Waals surface area (Å²) in [7, 11) is 0. The second-order valence-corrected chi connectivity index (χ2v) is 5.41. The van der Waals surface area contributed by atoms with Crippen LogP contribution >= 0.6 is 11.6 Å². The van der Waals surface area contributed by atoms with Crippen LogP contribution in [0.5, 0.6) is 0 Å². The first-order valence-electron chi connectivity index (χ1n) is 6.57. The van der Waals surface area contributed by atoms with Crippen LogP contribution in [0, 0.1) is 20.8 Å². The lowest BCUT2D eigenvalue weighted by Gasteiger charge is -2.09. The zero-order valence-corrected chi connectivity index (χ0v) is 12.6. The lowest BCUT2D eigenvalue weighted by atomic mass is 10.1. The zero-order chi connectivity index (χ0) is 14.3. The third kappa shape index (κ3) is 2.08. The topological polar surface area (TPSA) is 30.7 Å². The van der Waals surface area contributed by atoms with Gasteiger partial charge >= 0.3 is 0 Å². The molecule has 0 aliphatic rings. The largest absolute Gasteiger partial charge is 0.280 e. The quantitative estimate of drug-likeness (QED) is 0.664. The molecular weight excluding hydrogens is 270 g/mol. The number of alkyl halides is 1. The Bertz CT molecular complexity index is 770. The smallest absolute Gasteiger partial charge is 0.164 e. The van der Waals surface area contributed by atoms with Gasteiger partial charge in [0.1, 0.15) is 11.3 Å². The number of imidazole rings is 1. The highest BCUT2D eigenvalue weighted by molar-refractivity contribution is 6.17. The predicted molar refractivity (Wildman–Crippen MR) is 82.6 cm³/mol. The van der Waals surface area contributed by atoms with Gasteiger partial charge in [0.2, 0.25) is 0 Å². The summed E-state index contributed by atoms with van der Waals surface area (Å²) in [5, 5.41) is 0. The Morgan fingerprint density at radius 1 is 1.10 bits per heavy atom. The van der Waals surface area contributed by atoms with Gasteiger partial charge in [0.05, 0.1) is 5.88 Å². The minimum absolute atomic E-state index is 0.364. The van der Waals surface area contributed by atoms with Crippen LogP contribution in [0.1, 0.15) is 22.5 Å². The molecule has 0 atom stereocenters. The van der Waals surface area contributed by atoms with Crippen LogP contribution in [0.15, 0.2) is 30.5 Å². The van der Waals surface area contributed by atoms with Crippen molar-refractivity contribution in [2.45, 2.75) is 26.7 Å². The molecular formula is C16H16ClN3. The molecule has 0 fully saturated rings. The van der Waals surface area contributed by atoms with Crippen LogP contribution in [0.4, 0.5) is 0 Å². The van der Waals surface area contributed by atoms with Crippen LogP contribution in [0.25, 0.3) is 16.9 Å². The molecule has 0 unspecified atom stereocenters. The van der Waals surface area contributed by atoms with Crippen LogP contribution in [0.2, 0.25) is 0 Å². The van der Waals surface area contributed by atoms with Crippen LogP contribution in [0.3, 0.4) is 0 Å². The molecule has 2 aromatic heterocycles. The molecule has 0 saturated heterocycles. The zero-order valence-electron chi connectivity index (χ0n) is 11.8. The molecule has 0 amide bonds. The van der Waals surface area contributed by atoms with E-state index in [0.717, 1.165) is 28.2 Å². The minimum Gasteiger partial charge on any atom is -0.280 e. The van der Waals surface area contributed by atoms with Gasteiger partial charge in [-0.15, -0.1) is 11.6 Å². The minimum atomic E-state index is 0.364. The molecule has 3 aromatic rings. The Morgan fingerprint density at radius 3 is 2.45 bits per heavy atom. The first-order chi connectivity index (χ1) is 9.60. The number of aromatic nitrogens is 3. The molecule has 20 heavy (non-hydrogen) atoms. The number of fused-ring (bicyclic) bond motifs is 1. The Morgan fingerprint density at radius 2 is 1.80 bits per heavy atom. The Labute approximate surface area is 123 Å². The highest BCUT2D eigenvalue weighted by atomic mass is 35.5. The van der Waals surface area contributed by atoms with Gasteiger partial charge in [-0.1, -0.05) is 6.07 Å². The maximum atomic E-state index is 6.07. The average molecular weight is 286 g/mol. The standard InChI is InChI=1S/C16H16ClN3/c1-10-6-11(2)8-13(7-10)20-14(9-17)19-15-12(3)4-5-18-16(15)20/h4-8H,9H2,1-3H3. The summed E-state index contributed by atoms with van der Waals surface area (Å²) in [5.74, 6) is 1.19. The van der Waals surface area contributed by atoms with Crippen molar-refractivity contribution in [3.05, 3.63) is 53.0 Å². The number of benzene rings is 1. The van der Waals surface area contributed by atoms with E-state index in [2.05, 4.69) is 46.6 Å². The van der Waals surface area contributed by atoms with Crippen molar-refractivity contribution in [1.82, 2.24) is 14.5 Å². The summed E-state index contributed by atoms with van der Waals surface area (Å²) >= 11 is 6.07. The highest BCUT2D eigenvalue weighted by Gasteiger charge is 2.14. The Kier molecular flexibility index (Phi) is 3.22. The normalized spacial score (nSPS) is 11.2. The van der Waals surface area contributed by atoms with E-state index < -0.39 is 0 Å². The molecule has 1 aromatic carbocycles. The molecule has 3 rings (SSSR count). The van der Waals surface area contributed by atoms with Crippen molar-refractivity contribution in [3.63, 3.8) is 0 Å². The molecule has 0 saturated carbocycles. The lowest BCUT2D eigenvalue weighted by Crippen LogP contribution is -2.01. The number of aryl methyl sites for hydroxylation is 3. The van der Waals surface area contributed by atoms with Crippen molar-refractivity contribution < 1.29 is 0 Å². The monoisotopic (exact) mass is 285 g/mol. The number of hydrogen-bond donors (Lipinski definition) is 0. The van der Waals surface area contributed by atoms with Gasteiger partial charge in [-0.3, -0.25) is 4.57 Å². The second-order valence-electron chi connectivity index (χ2n) is 5.14. The van der Waals surface area contributed by atoms with E-state index in [4.69, 9.17) is 11.6 Å². The van der Waals surface area contributed by atoms with Gasteiger partial charge in [-0.25, -0.2) is 9.97 Å². The van der Waals surface area contributed by atoms with E-state index in [-0.39, 0.29) is 0 Å². The van der Waals surface area contributed by atoms with Crippen molar-refractivity contribution in [2.75, 3.05) is 0 Å². The molecule has 0 spiro atoms. The second kappa shape index (κ2) is 4.91. The fourth-order valence-corrected chi connectivity index (χ4v) is 2.76. The molecule has 0 aliphatic carbocycles. The average Bonchev–Trinajstić information content (AvgIpc) is 2.77. The van der Waals surface area contributed by atoms with Crippen molar-refractivity contribution in [1.29, 1.82) is 0 Å². The molecule has 0 N–H and O–H groups in total. The van der Waals surface area contributed by atoms with E-state index >= 15 is 0 Å². The highest BCUT2D eigenvalue weighted by Crippen LogP contribution is 2.24. The first-order valence-corrected chi connectivity index (χ1v) is 7.11. The van der Waals surface area contributed by atoms with Gasteiger partial charge in [-0.2, -0.15) is 0 Å². The first kappa shape index (κ1) is 13.1. The van der Waals surface area contributed by atoms with E-state index in [1.807, 2.05) is 19.2 Å². The maximum absolute atomic E-state index is 6.07. The van der Waals surface area contributed by atoms with Gasteiger partial charge in [0.15, 0.2) is 5.65 Å². The predicted octanol–water partition coefficient (Wildman–Crippen LogP) is 4.08. The van der Waals surface area contributed by atoms with Gasteiger partial charge in [-0.05, 0) is 55.7 Å². The number of pyridine rings is 1. The van der Waals surface area contributed by atoms with E-state index in [1.54, 1.807) is 0 Å². The van der Waals surface area contributed by atoms with Crippen molar-refractivity contribution in [2.24, 2.45) is 0 Å². The lowest BCUT2D eigenvalue weighted by molar-refractivity contribution is 0.966. The Hall–Kier alpha value is -1.87. The summed E-state index contributed by atoms with van der Waals surface area (Å²) < 4.78 is 2.05. The van der Waals surface area contributed by atoms with Gasteiger partial charge < -0.3 is 0 Å². The fourth-order valence-electron chi connectivity index (χ4n) is 2.58. The third-order valence-corrected chi connectivity index (χ3v) is 3.64. The van der Waals surface area contributed by atoms with Crippen LogP contribution in [-0.4, -0.2) is 14.5 Å². The number of nitrogens with zero attached hydrogens (tertiary/aromatic N) is 3. The summed E-state index contributed by atoms with van der Waals surface area (Å²) in [4.78, 5) is 9.12. The maximum Gasteiger partial charge on any atom is 0.164 e. The number of hydrogen-bond acceptors (Lipinski definition) is 2. The van der Waals surface area contributed by atoms with Crippen molar-refractivity contribution in [3.8, 4) is 5.69 Å². The molecule has 3 nitrogen and oxygen atoms in total. The van der Waals surface area contributed by atoms with Crippen LogP contribution in [-0.2, 0) is 5.88 Å². The number of rotatable bonds is 2. The van der Waals surface area contributed by atoms with E-state index in [1.165, 1.54) is 11.1 Å². The van der Waals surface area contributed by atoms with Crippen molar-refractivity contribution >= 4 is 22.8 Å². The summed E-state index contributed by atoms with van der Waals surface area (Å²) in [6, 6.07) is 8.39. The summed E-state index contributed by atoms with van der Waals surface area (Å²) in [6.45, 7) is 6.23. The Balaban J connectivity index is 2.37. The van der Waals surface area contributed by atoms with Crippen LogP contribution < -0.4 is 0 Å². The fraction of sp³-hybridized carbons (Fsp3) is 0.250. The molecule has 102 valence electrons. The van der Waals surface area contributed by atoms with Gasteiger partial charge in [0.25, 0.3) is 0 Å². The molecule has 2 heterocycles. The third-order valence-electron chi connectivity index (χ3n) is 3.40. The molecule has 4 heteroatoms. The van der Waals surface area contributed by atoms with E-state index in [9.17, 15) is 0 Å². The molecule has 0 radical (unpaired) electrons. The number of halogens is 1. The molecule has 0 aliphatic heterocycles. The SMILES string of the molecule is Cc1cc(C)cc(-n2c(CCl)nc3c(C)ccnc32)c1. The molecule has 0 bridgehead atoms. The van der Waals surface area contributed by atoms with Gasteiger partial charge in [0, 0.05) is 11.9 Å². The summed E-state index contributed by atoms with van der Waals surface area (Å²) in [6.07, 6.45) is 1.82.